The number of aromatic nitrogens is 2. The zero-order chi connectivity index (χ0) is 28.2. The average molecular weight is 539 g/mol. The lowest BCUT2D eigenvalue weighted by molar-refractivity contribution is 0.975. The summed E-state index contributed by atoms with van der Waals surface area (Å²) >= 11 is 0. The van der Waals surface area contributed by atoms with E-state index >= 15 is 0 Å². The van der Waals surface area contributed by atoms with Crippen LogP contribution in [0.1, 0.15) is 5.56 Å². The highest BCUT2D eigenvalue weighted by molar-refractivity contribution is 6.25. The van der Waals surface area contributed by atoms with E-state index in [2.05, 4.69) is 72.8 Å². The lowest BCUT2D eigenvalue weighted by Gasteiger charge is -2.15. The lowest BCUT2D eigenvalue weighted by atomic mass is 9.92. The number of aryl methyl sites for hydroxylation is 1. The van der Waals surface area contributed by atoms with Crippen molar-refractivity contribution in [2.45, 2.75) is 6.92 Å². The van der Waals surface area contributed by atoms with Crippen molar-refractivity contribution in [3.05, 3.63) is 155 Å². The fourth-order valence-corrected chi connectivity index (χ4v) is 6.17. The van der Waals surface area contributed by atoms with E-state index in [4.69, 9.17) is 4.98 Å². The summed E-state index contributed by atoms with van der Waals surface area (Å²) in [5, 5.41) is 8.00. The van der Waals surface area contributed by atoms with Crippen LogP contribution in [0.25, 0.3) is 71.4 Å². The first-order valence-electron chi connectivity index (χ1n) is 14.2. The van der Waals surface area contributed by atoms with Crippen LogP contribution in [-0.4, -0.2) is 9.55 Å². The molecule has 0 radical (unpaired) electrons. The highest BCUT2D eigenvalue weighted by atomic mass is 16.1. The third-order valence-electron chi connectivity index (χ3n) is 8.27. The number of nitrogens with zero attached hydrogens (tertiary/aromatic N) is 2. The first-order chi connectivity index (χ1) is 20.7. The van der Waals surface area contributed by atoms with Crippen LogP contribution >= 0.6 is 0 Å². The number of hydrogen-bond donors (Lipinski definition) is 0. The summed E-state index contributed by atoms with van der Waals surface area (Å²) < 4.78 is 1.74. The van der Waals surface area contributed by atoms with Gasteiger partial charge in [0.25, 0.3) is 5.56 Å². The monoisotopic (exact) mass is 538 g/mol. The van der Waals surface area contributed by atoms with Gasteiger partial charge in [-0.15, -0.1) is 0 Å². The van der Waals surface area contributed by atoms with E-state index in [1.807, 2.05) is 73.7 Å². The Morgan fingerprint density at radius 2 is 1.00 bits per heavy atom. The molecule has 0 atom stereocenters. The van der Waals surface area contributed by atoms with Crippen molar-refractivity contribution >= 4 is 43.2 Å². The Morgan fingerprint density at radius 3 is 1.64 bits per heavy atom. The van der Waals surface area contributed by atoms with Crippen LogP contribution in [0, 0.1) is 6.92 Å². The van der Waals surface area contributed by atoms with Gasteiger partial charge in [-0.3, -0.25) is 9.36 Å². The molecule has 1 heterocycles. The van der Waals surface area contributed by atoms with E-state index < -0.39 is 0 Å². The van der Waals surface area contributed by atoms with Gasteiger partial charge in [0.1, 0.15) is 5.82 Å². The standard InChI is InChI=1S/C39H26N2O/c1-25-15-19-29(20-16-25)41-38(26-9-3-2-4-10-26)40-37-22-18-28(24-36(37)39(41)42)27-17-21-34-32-13-6-5-11-30(32)31-12-7-8-14-33(31)35(34)23-27/h2-24H,1H3. The third kappa shape index (κ3) is 3.82. The molecule has 198 valence electrons. The number of benzene rings is 7. The second-order valence-electron chi connectivity index (χ2n) is 10.9. The molecule has 0 fully saturated rings. The number of fused-ring (bicyclic) bond motifs is 7. The van der Waals surface area contributed by atoms with Crippen LogP contribution in [0.15, 0.2) is 144 Å². The van der Waals surface area contributed by atoms with Crippen LogP contribution in [0.3, 0.4) is 0 Å². The summed E-state index contributed by atoms with van der Waals surface area (Å²) in [6.07, 6.45) is 0. The van der Waals surface area contributed by atoms with Crippen molar-refractivity contribution in [2.24, 2.45) is 0 Å². The summed E-state index contributed by atoms with van der Waals surface area (Å²) in [5.41, 5.74) is 5.50. The summed E-state index contributed by atoms with van der Waals surface area (Å²) in [6, 6.07) is 47.8. The van der Waals surface area contributed by atoms with Gasteiger partial charge in [0.2, 0.25) is 0 Å². The Balaban J connectivity index is 1.37. The molecule has 1 aromatic heterocycles. The second-order valence-corrected chi connectivity index (χ2v) is 10.9. The van der Waals surface area contributed by atoms with E-state index in [1.54, 1.807) is 4.57 Å². The summed E-state index contributed by atoms with van der Waals surface area (Å²) in [7, 11) is 0. The molecule has 0 aliphatic heterocycles. The number of rotatable bonds is 3. The van der Waals surface area contributed by atoms with Crippen molar-refractivity contribution < 1.29 is 0 Å². The van der Waals surface area contributed by atoms with Crippen molar-refractivity contribution in [1.29, 1.82) is 0 Å². The maximum Gasteiger partial charge on any atom is 0.266 e. The molecule has 0 amide bonds. The Bertz CT molecular complexity index is 2330. The van der Waals surface area contributed by atoms with Crippen LogP contribution in [0.2, 0.25) is 0 Å². The first-order valence-corrected chi connectivity index (χ1v) is 14.2. The maximum absolute atomic E-state index is 14.2. The van der Waals surface area contributed by atoms with E-state index in [0.717, 1.165) is 27.9 Å². The summed E-state index contributed by atoms with van der Waals surface area (Å²) in [5.74, 6) is 0.633. The van der Waals surface area contributed by atoms with Gasteiger partial charge in [0.05, 0.1) is 16.6 Å². The molecular weight excluding hydrogens is 512 g/mol. The van der Waals surface area contributed by atoms with Gasteiger partial charge in [-0.25, -0.2) is 4.98 Å². The maximum atomic E-state index is 14.2. The minimum Gasteiger partial charge on any atom is -0.268 e. The molecular formula is C39H26N2O. The predicted molar refractivity (Wildman–Crippen MR) is 175 cm³/mol. The zero-order valence-corrected chi connectivity index (χ0v) is 23.1. The van der Waals surface area contributed by atoms with Crippen LogP contribution in [0.4, 0.5) is 0 Å². The molecule has 8 rings (SSSR count). The van der Waals surface area contributed by atoms with Gasteiger partial charge in [-0.1, -0.05) is 115 Å². The molecule has 42 heavy (non-hydrogen) atoms. The van der Waals surface area contributed by atoms with E-state index in [0.29, 0.717) is 16.7 Å². The molecule has 7 aromatic carbocycles. The summed E-state index contributed by atoms with van der Waals surface area (Å²) in [4.78, 5) is 19.3. The van der Waals surface area contributed by atoms with Crippen LogP contribution in [0.5, 0.6) is 0 Å². The van der Waals surface area contributed by atoms with Crippen molar-refractivity contribution in [3.63, 3.8) is 0 Å². The van der Waals surface area contributed by atoms with Gasteiger partial charge in [0, 0.05) is 5.56 Å². The fraction of sp³-hybridized carbons (Fsp3) is 0.0256. The number of hydrogen-bond acceptors (Lipinski definition) is 2. The molecule has 8 aromatic rings. The molecule has 0 spiro atoms. The highest BCUT2D eigenvalue weighted by Gasteiger charge is 2.16. The van der Waals surface area contributed by atoms with Crippen molar-refractivity contribution in [3.8, 4) is 28.2 Å². The zero-order valence-electron chi connectivity index (χ0n) is 23.1. The SMILES string of the molecule is Cc1ccc(-n2c(-c3ccccc3)nc3ccc(-c4ccc5c6ccccc6c6ccccc6c5c4)cc3c2=O)cc1. The Morgan fingerprint density at radius 1 is 0.476 bits per heavy atom. The molecule has 0 saturated carbocycles. The molecule has 0 aliphatic carbocycles. The first kappa shape index (κ1) is 24.3. The molecule has 0 aliphatic rings. The largest absolute Gasteiger partial charge is 0.268 e. The topological polar surface area (TPSA) is 34.9 Å². The molecule has 0 unspecified atom stereocenters. The molecule has 0 bridgehead atoms. The van der Waals surface area contributed by atoms with Gasteiger partial charge in [-0.2, -0.15) is 0 Å². The van der Waals surface area contributed by atoms with E-state index in [1.165, 1.54) is 32.3 Å². The average Bonchev–Trinajstić information content (AvgIpc) is 3.05. The Hall–Kier alpha value is -5.54. The lowest BCUT2D eigenvalue weighted by Crippen LogP contribution is -2.22. The van der Waals surface area contributed by atoms with Gasteiger partial charge >= 0.3 is 0 Å². The van der Waals surface area contributed by atoms with Gasteiger partial charge in [-0.05, 0) is 80.7 Å². The normalized spacial score (nSPS) is 11.5. The van der Waals surface area contributed by atoms with E-state index in [-0.39, 0.29) is 5.56 Å². The second kappa shape index (κ2) is 9.53. The highest BCUT2D eigenvalue weighted by Crippen LogP contribution is 2.37. The van der Waals surface area contributed by atoms with Crippen molar-refractivity contribution in [1.82, 2.24) is 9.55 Å². The summed E-state index contributed by atoms with van der Waals surface area (Å²) in [6.45, 7) is 2.05. The van der Waals surface area contributed by atoms with Gasteiger partial charge < -0.3 is 0 Å². The van der Waals surface area contributed by atoms with Crippen LogP contribution in [-0.2, 0) is 0 Å². The van der Waals surface area contributed by atoms with Crippen LogP contribution < -0.4 is 5.56 Å². The third-order valence-corrected chi connectivity index (χ3v) is 8.27. The minimum atomic E-state index is -0.0817. The Kier molecular flexibility index (Phi) is 5.51. The predicted octanol–water partition coefficient (Wildman–Crippen LogP) is 9.49. The molecule has 3 nitrogen and oxygen atoms in total. The molecule has 0 N–H and O–H groups in total. The smallest absolute Gasteiger partial charge is 0.266 e. The van der Waals surface area contributed by atoms with Crippen molar-refractivity contribution in [2.75, 3.05) is 0 Å². The fourth-order valence-electron chi connectivity index (χ4n) is 6.17. The molecule has 3 heteroatoms. The van der Waals surface area contributed by atoms with Gasteiger partial charge in [0.15, 0.2) is 0 Å². The molecule has 0 saturated heterocycles. The quantitative estimate of drug-likeness (QED) is 0.210. The minimum absolute atomic E-state index is 0.0817. The van der Waals surface area contributed by atoms with E-state index in [9.17, 15) is 4.79 Å². The Labute approximate surface area is 243 Å².